The number of likely N-dealkylation sites (tertiary alicyclic amines) is 1. The fourth-order valence-corrected chi connectivity index (χ4v) is 3.33. The van der Waals surface area contributed by atoms with Crippen LogP contribution in [0.1, 0.15) is 18.4 Å². The molecule has 1 aromatic carbocycles. The van der Waals surface area contributed by atoms with E-state index in [1.807, 2.05) is 30.3 Å². The number of aryl methyl sites for hydroxylation is 1. The topological polar surface area (TPSA) is 78.1 Å². The highest BCUT2D eigenvalue weighted by Gasteiger charge is 2.23. The molecule has 1 amide bonds. The maximum absolute atomic E-state index is 12.5. The van der Waals surface area contributed by atoms with Gasteiger partial charge in [-0.1, -0.05) is 24.8 Å². The van der Waals surface area contributed by atoms with Crippen LogP contribution in [0.25, 0.3) is 10.9 Å². The van der Waals surface area contributed by atoms with Crippen molar-refractivity contribution in [2.45, 2.75) is 18.9 Å². The van der Waals surface area contributed by atoms with E-state index in [1.165, 1.54) is 10.6 Å². The summed E-state index contributed by atoms with van der Waals surface area (Å²) in [7, 11) is 1.68. The predicted molar refractivity (Wildman–Crippen MR) is 97.3 cm³/mol. The maximum Gasteiger partial charge on any atom is 0.270 e. The zero-order valence-electron chi connectivity index (χ0n) is 14.2. The molecule has 6 heteroatoms. The lowest BCUT2D eigenvalue weighted by Gasteiger charge is -2.32. The molecule has 1 aromatic heterocycles. The van der Waals surface area contributed by atoms with Gasteiger partial charge >= 0.3 is 0 Å². The first-order valence-corrected chi connectivity index (χ1v) is 8.26. The number of anilines is 1. The molecule has 0 saturated carbocycles. The highest BCUT2D eigenvalue weighted by Crippen LogP contribution is 2.27. The molecule has 3 rings (SSSR count). The molecule has 2 heterocycles. The third kappa shape index (κ3) is 3.01. The number of hydrogen-bond acceptors (Lipinski definition) is 4. The molecule has 128 valence electrons. The summed E-state index contributed by atoms with van der Waals surface area (Å²) in [5.41, 5.74) is 1.21. The molecule has 0 unspecified atom stereocenters. The van der Waals surface area contributed by atoms with Gasteiger partial charge in [0.25, 0.3) is 5.56 Å². The van der Waals surface area contributed by atoms with Gasteiger partial charge in [0, 0.05) is 31.6 Å². The van der Waals surface area contributed by atoms with Crippen molar-refractivity contribution >= 4 is 22.5 Å². The number of pyridine rings is 1. The zero-order chi connectivity index (χ0) is 18.0. The van der Waals surface area contributed by atoms with Crippen molar-refractivity contribution in [3.05, 3.63) is 52.8 Å². The Kier molecular flexibility index (Phi) is 4.57. The van der Waals surface area contributed by atoms with Crippen LogP contribution in [0, 0.1) is 11.3 Å². The Balaban J connectivity index is 1.94. The van der Waals surface area contributed by atoms with E-state index in [9.17, 15) is 14.9 Å². The van der Waals surface area contributed by atoms with Crippen LogP contribution in [0.5, 0.6) is 0 Å². The Morgan fingerprint density at radius 1 is 1.36 bits per heavy atom. The predicted octanol–water partition coefficient (Wildman–Crippen LogP) is 2.00. The standard InChI is InChI=1S/C19H20N4O2/c1-3-17(24)23-10-8-13(9-11-23)21-18-14-6-4-5-7-16(14)22(2)19(25)15(18)12-20/h3-7,13,21H,1,8-11H2,2H3. The van der Waals surface area contributed by atoms with E-state index < -0.39 is 0 Å². The number of benzene rings is 1. The van der Waals surface area contributed by atoms with Crippen LogP contribution in [-0.4, -0.2) is 34.5 Å². The normalized spacial score (nSPS) is 15.0. The Morgan fingerprint density at radius 2 is 2.04 bits per heavy atom. The van der Waals surface area contributed by atoms with Crippen molar-refractivity contribution in [3.63, 3.8) is 0 Å². The Hall–Kier alpha value is -3.07. The number of carbonyl (C=O) groups excluding carboxylic acids is 1. The molecule has 1 N–H and O–H groups in total. The lowest BCUT2D eigenvalue weighted by Crippen LogP contribution is -2.42. The summed E-state index contributed by atoms with van der Waals surface area (Å²) in [6, 6.07) is 9.70. The van der Waals surface area contributed by atoms with Gasteiger partial charge in [-0.3, -0.25) is 9.59 Å². The largest absolute Gasteiger partial charge is 0.380 e. The van der Waals surface area contributed by atoms with Gasteiger partial charge in [-0.15, -0.1) is 0 Å². The third-order valence-electron chi connectivity index (χ3n) is 4.74. The summed E-state index contributed by atoms with van der Waals surface area (Å²) in [5.74, 6) is -0.0600. The number of nitrogens with zero attached hydrogens (tertiary/aromatic N) is 3. The fraction of sp³-hybridized carbons (Fsp3) is 0.316. The number of amides is 1. The van der Waals surface area contributed by atoms with Crippen LogP contribution in [0.4, 0.5) is 5.69 Å². The van der Waals surface area contributed by atoms with Gasteiger partial charge in [0.1, 0.15) is 11.6 Å². The van der Waals surface area contributed by atoms with Crippen LogP contribution in [0.3, 0.4) is 0 Å². The third-order valence-corrected chi connectivity index (χ3v) is 4.74. The number of aromatic nitrogens is 1. The first kappa shape index (κ1) is 16.8. The lowest BCUT2D eigenvalue weighted by atomic mass is 10.0. The Morgan fingerprint density at radius 3 is 2.68 bits per heavy atom. The van der Waals surface area contributed by atoms with E-state index in [0.29, 0.717) is 18.8 Å². The molecule has 25 heavy (non-hydrogen) atoms. The van der Waals surface area contributed by atoms with Crippen LogP contribution in [-0.2, 0) is 11.8 Å². The summed E-state index contributed by atoms with van der Waals surface area (Å²) < 4.78 is 1.50. The molecular formula is C19H20N4O2. The van der Waals surface area contributed by atoms with Crippen LogP contribution in [0.2, 0.25) is 0 Å². The number of hydrogen-bond donors (Lipinski definition) is 1. The molecule has 0 spiro atoms. The van der Waals surface area contributed by atoms with Crippen molar-refractivity contribution in [1.29, 1.82) is 5.26 Å². The van der Waals surface area contributed by atoms with Gasteiger partial charge in [-0.05, 0) is 25.0 Å². The highest BCUT2D eigenvalue weighted by atomic mass is 16.2. The number of rotatable bonds is 3. The molecule has 1 aliphatic rings. The fourth-order valence-electron chi connectivity index (χ4n) is 3.33. The van der Waals surface area contributed by atoms with Crippen molar-refractivity contribution in [1.82, 2.24) is 9.47 Å². The number of carbonyl (C=O) groups is 1. The summed E-state index contributed by atoms with van der Waals surface area (Å²) in [6.07, 6.45) is 2.85. The van der Waals surface area contributed by atoms with Crippen molar-refractivity contribution in [2.24, 2.45) is 7.05 Å². The molecule has 0 radical (unpaired) electrons. The number of piperidine rings is 1. The molecule has 0 bridgehead atoms. The second-order valence-corrected chi connectivity index (χ2v) is 6.19. The number of nitrogens with one attached hydrogen (secondary N) is 1. The van der Waals surface area contributed by atoms with Crippen molar-refractivity contribution in [3.8, 4) is 6.07 Å². The summed E-state index contributed by atoms with van der Waals surface area (Å²) in [4.78, 5) is 25.9. The van der Waals surface area contributed by atoms with E-state index >= 15 is 0 Å². The monoisotopic (exact) mass is 336 g/mol. The first-order valence-electron chi connectivity index (χ1n) is 8.26. The quantitative estimate of drug-likeness (QED) is 0.870. The molecule has 0 atom stereocenters. The number of fused-ring (bicyclic) bond motifs is 1. The van der Waals surface area contributed by atoms with Crippen LogP contribution in [0.15, 0.2) is 41.7 Å². The van der Waals surface area contributed by atoms with Gasteiger partial charge < -0.3 is 14.8 Å². The zero-order valence-corrected chi connectivity index (χ0v) is 14.2. The van der Waals surface area contributed by atoms with Crippen LogP contribution >= 0.6 is 0 Å². The SMILES string of the molecule is C=CC(=O)N1CCC(Nc2c(C#N)c(=O)n(C)c3ccccc23)CC1. The van der Waals surface area contributed by atoms with Gasteiger partial charge in [0.15, 0.2) is 0 Å². The highest BCUT2D eigenvalue weighted by molar-refractivity contribution is 5.94. The second kappa shape index (κ2) is 6.81. The summed E-state index contributed by atoms with van der Waals surface area (Å²) in [6.45, 7) is 4.78. The molecule has 1 fully saturated rings. The minimum absolute atomic E-state index is 0.0600. The molecule has 0 aliphatic carbocycles. The minimum atomic E-state index is -0.303. The molecule has 1 aliphatic heterocycles. The number of nitriles is 1. The summed E-state index contributed by atoms with van der Waals surface area (Å²) >= 11 is 0. The second-order valence-electron chi connectivity index (χ2n) is 6.19. The average molecular weight is 336 g/mol. The molecular weight excluding hydrogens is 316 g/mol. The van der Waals surface area contributed by atoms with E-state index in [-0.39, 0.29) is 23.1 Å². The van der Waals surface area contributed by atoms with Crippen LogP contribution < -0.4 is 10.9 Å². The van der Waals surface area contributed by atoms with E-state index in [1.54, 1.807) is 11.9 Å². The molecule has 1 saturated heterocycles. The number of para-hydroxylation sites is 1. The van der Waals surface area contributed by atoms with E-state index in [4.69, 9.17) is 0 Å². The Labute approximate surface area is 146 Å². The minimum Gasteiger partial charge on any atom is -0.380 e. The lowest BCUT2D eigenvalue weighted by molar-refractivity contribution is -0.126. The first-order chi connectivity index (χ1) is 12.1. The van der Waals surface area contributed by atoms with Gasteiger partial charge in [0.05, 0.1) is 11.2 Å². The van der Waals surface area contributed by atoms with E-state index in [2.05, 4.69) is 11.9 Å². The van der Waals surface area contributed by atoms with Crippen molar-refractivity contribution in [2.75, 3.05) is 18.4 Å². The van der Waals surface area contributed by atoms with Gasteiger partial charge in [-0.25, -0.2) is 0 Å². The smallest absolute Gasteiger partial charge is 0.270 e. The average Bonchev–Trinajstić information content (AvgIpc) is 2.66. The maximum atomic E-state index is 12.5. The Bertz CT molecular complexity index is 931. The van der Waals surface area contributed by atoms with E-state index in [0.717, 1.165) is 23.7 Å². The molecule has 6 nitrogen and oxygen atoms in total. The van der Waals surface area contributed by atoms with Gasteiger partial charge in [-0.2, -0.15) is 5.26 Å². The van der Waals surface area contributed by atoms with Crippen molar-refractivity contribution < 1.29 is 4.79 Å². The van der Waals surface area contributed by atoms with Gasteiger partial charge in [0.2, 0.25) is 5.91 Å². The summed E-state index contributed by atoms with van der Waals surface area (Å²) in [5, 5.41) is 13.7. The molecule has 2 aromatic rings.